The summed E-state index contributed by atoms with van der Waals surface area (Å²) < 4.78 is 5.32. The van der Waals surface area contributed by atoms with Gasteiger partial charge in [-0.2, -0.15) is 0 Å². The molecule has 3 amide bonds. The number of carbonyl (C=O) groups excluding carboxylic acids is 3. The maximum atomic E-state index is 13.1. The molecule has 3 aliphatic rings. The van der Waals surface area contributed by atoms with Crippen LogP contribution in [0, 0.1) is 0 Å². The van der Waals surface area contributed by atoms with Crippen LogP contribution in [0.1, 0.15) is 36.5 Å². The first-order chi connectivity index (χ1) is 14.0. The molecule has 1 unspecified atom stereocenters. The van der Waals surface area contributed by atoms with Crippen molar-refractivity contribution in [2.24, 2.45) is 0 Å². The highest BCUT2D eigenvalue weighted by Crippen LogP contribution is 2.43. The molecular formula is C21H28N4O4. The summed E-state index contributed by atoms with van der Waals surface area (Å²) in [5, 5.41) is 2.94. The van der Waals surface area contributed by atoms with Gasteiger partial charge in [-0.3, -0.25) is 24.2 Å². The number of hydrogen-bond donors (Lipinski definition) is 1. The van der Waals surface area contributed by atoms with Gasteiger partial charge in [0.25, 0.3) is 5.91 Å². The lowest BCUT2D eigenvalue weighted by molar-refractivity contribution is -0.121. The Morgan fingerprint density at radius 1 is 1.17 bits per heavy atom. The normalized spacial score (nSPS) is 24.4. The number of rotatable bonds is 6. The summed E-state index contributed by atoms with van der Waals surface area (Å²) >= 11 is 0. The summed E-state index contributed by atoms with van der Waals surface area (Å²) in [6.45, 7) is 6.83. The van der Waals surface area contributed by atoms with Gasteiger partial charge in [0.2, 0.25) is 11.8 Å². The largest absolute Gasteiger partial charge is 0.379 e. The Labute approximate surface area is 170 Å². The zero-order valence-corrected chi connectivity index (χ0v) is 16.9. The molecule has 29 heavy (non-hydrogen) atoms. The maximum Gasteiger partial charge on any atom is 0.257 e. The molecule has 1 N–H and O–H groups in total. The van der Waals surface area contributed by atoms with Crippen LogP contribution in [0.2, 0.25) is 0 Å². The number of ether oxygens (including phenoxy) is 1. The molecule has 0 radical (unpaired) electrons. The van der Waals surface area contributed by atoms with Crippen molar-refractivity contribution in [1.82, 2.24) is 15.1 Å². The summed E-state index contributed by atoms with van der Waals surface area (Å²) in [5.74, 6) is -0.174. The van der Waals surface area contributed by atoms with Gasteiger partial charge in [-0.15, -0.1) is 0 Å². The molecule has 8 nitrogen and oxygen atoms in total. The van der Waals surface area contributed by atoms with Crippen LogP contribution in [-0.4, -0.2) is 79.1 Å². The summed E-state index contributed by atoms with van der Waals surface area (Å²) in [6, 6.07) is 7.22. The molecule has 3 heterocycles. The number of morpholine rings is 1. The number of amides is 3. The smallest absolute Gasteiger partial charge is 0.257 e. The minimum atomic E-state index is -0.712. The van der Waals surface area contributed by atoms with Gasteiger partial charge in [-0.05, 0) is 25.5 Å². The molecule has 8 heteroatoms. The molecule has 0 saturated carbocycles. The second-order valence-electron chi connectivity index (χ2n) is 7.97. The fourth-order valence-electron chi connectivity index (χ4n) is 4.52. The molecule has 4 rings (SSSR count). The number of nitrogens with zero attached hydrogens (tertiary/aromatic N) is 3. The average Bonchev–Trinajstić information content (AvgIpc) is 3.04. The summed E-state index contributed by atoms with van der Waals surface area (Å²) in [5.41, 5.74) is 0.484. The van der Waals surface area contributed by atoms with E-state index < -0.39 is 5.66 Å². The van der Waals surface area contributed by atoms with E-state index in [9.17, 15) is 14.4 Å². The third-order valence-electron chi connectivity index (χ3n) is 6.16. The van der Waals surface area contributed by atoms with E-state index in [2.05, 4.69) is 10.2 Å². The highest BCUT2D eigenvalue weighted by atomic mass is 16.5. The number of hydrogen-bond acceptors (Lipinski definition) is 5. The highest BCUT2D eigenvalue weighted by molar-refractivity contribution is 6.10. The van der Waals surface area contributed by atoms with Gasteiger partial charge in [0, 0.05) is 45.6 Å². The van der Waals surface area contributed by atoms with Crippen molar-refractivity contribution >= 4 is 23.4 Å². The van der Waals surface area contributed by atoms with E-state index in [1.165, 1.54) is 0 Å². The Hall–Kier alpha value is -2.45. The fourth-order valence-corrected chi connectivity index (χ4v) is 4.52. The van der Waals surface area contributed by atoms with Gasteiger partial charge in [-0.25, -0.2) is 0 Å². The number of fused-ring (bicyclic) bond motifs is 3. The van der Waals surface area contributed by atoms with E-state index in [-0.39, 0.29) is 30.7 Å². The minimum Gasteiger partial charge on any atom is -0.379 e. The van der Waals surface area contributed by atoms with E-state index in [0.29, 0.717) is 30.6 Å². The summed E-state index contributed by atoms with van der Waals surface area (Å²) in [7, 11) is 0. The summed E-state index contributed by atoms with van der Waals surface area (Å²) in [6.07, 6.45) is 1.19. The van der Waals surface area contributed by atoms with Crippen molar-refractivity contribution in [3.63, 3.8) is 0 Å². The summed E-state index contributed by atoms with van der Waals surface area (Å²) in [4.78, 5) is 43.8. The van der Waals surface area contributed by atoms with Crippen LogP contribution in [0.25, 0.3) is 0 Å². The van der Waals surface area contributed by atoms with Crippen molar-refractivity contribution < 1.29 is 19.1 Å². The molecule has 1 aromatic carbocycles. The predicted molar refractivity (Wildman–Crippen MR) is 107 cm³/mol. The minimum absolute atomic E-state index is 0.0208. The maximum absolute atomic E-state index is 13.1. The van der Waals surface area contributed by atoms with Crippen LogP contribution in [0.5, 0.6) is 0 Å². The number of para-hydroxylation sites is 1. The van der Waals surface area contributed by atoms with E-state index in [4.69, 9.17) is 4.74 Å². The zero-order valence-electron chi connectivity index (χ0n) is 16.9. The third kappa shape index (κ3) is 3.74. The molecule has 1 aromatic rings. The number of benzene rings is 1. The van der Waals surface area contributed by atoms with Gasteiger partial charge in [0.15, 0.2) is 0 Å². The topological polar surface area (TPSA) is 82.2 Å². The molecule has 0 spiro atoms. The van der Waals surface area contributed by atoms with Crippen molar-refractivity contribution in [1.29, 1.82) is 0 Å². The van der Waals surface area contributed by atoms with E-state index >= 15 is 0 Å². The Kier molecular flexibility index (Phi) is 5.56. The quantitative estimate of drug-likeness (QED) is 0.765. The molecule has 3 aliphatic heterocycles. The molecule has 0 bridgehead atoms. The van der Waals surface area contributed by atoms with Gasteiger partial charge < -0.3 is 15.0 Å². The first kappa shape index (κ1) is 19.8. The van der Waals surface area contributed by atoms with Crippen LogP contribution < -0.4 is 10.2 Å². The van der Waals surface area contributed by atoms with Crippen molar-refractivity contribution in [2.75, 3.05) is 50.8 Å². The van der Waals surface area contributed by atoms with Crippen molar-refractivity contribution in [2.45, 2.75) is 31.8 Å². The molecule has 2 fully saturated rings. The predicted octanol–water partition coefficient (Wildman–Crippen LogP) is 0.824. The van der Waals surface area contributed by atoms with Gasteiger partial charge in [-0.1, -0.05) is 12.1 Å². The third-order valence-corrected chi connectivity index (χ3v) is 6.16. The highest BCUT2D eigenvalue weighted by Gasteiger charge is 2.52. The lowest BCUT2D eigenvalue weighted by Gasteiger charge is -2.48. The Morgan fingerprint density at radius 2 is 1.93 bits per heavy atom. The standard InChI is InChI=1S/C21H28N4O4/c1-21-8-6-19(27)25(21)17-5-3-2-4-16(17)20(28)24(21)10-7-18(26)22-9-11-23-12-14-29-15-13-23/h2-5H,6-15H2,1H3,(H,22,26). The molecule has 0 aromatic heterocycles. The molecule has 156 valence electrons. The Morgan fingerprint density at radius 3 is 2.72 bits per heavy atom. The lowest BCUT2D eigenvalue weighted by atomic mass is 9.98. The number of anilines is 1. The Balaban J connectivity index is 1.38. The van der Waals surface area contributed by atoms with E-state index in [1.54, 1.807) is 21.9 Å². The van der Waals surface area contributed by atoms with Crippen LogP contribution >= 0.6 is 0 Å². The van der Waals surface area contributed by atoms with Crippen molar-refractivity contribution in [3.8, 4) is 0 Å². The van der Waals surface area contributed by atoms with Crippen LogP contribution in [0.3, 0.4) is 0 Å². The lowest BCUT2D eigenvalue weighted by Crippen LogP contribution is -2.62. The van der Waals surface area contributed by atoms with E-state index in [1.807, 2.05) is 19.1 Å². The van der Waals surface area contributed by atoms with Crippen molar-refractivity contribution in [3.05, 3.63) is 29.8 Å². The van der Waals surface area contributed by atoms with Crippen LogP contribution in [0.4, 0.5) is 5.69 Å². The first-order valence-corrected chi connectivity index (χ1v) is 10.3. The van der Waals surface area contributed by atoms with E-state index in [0.717, 1.165) is 32.8 Å². The SMILES string of the molecule is CC12CCC(=O)N1c1ccccc1C(=O)N2CCC(=O)NCCN1CCOCC1. The van der Waals surface area contributed by atoms with Crippen LogP contribution in [-0.2, 0) is 14.3 Å². The Bertz CT molecular complexity index is 808. The molecule has 0 aliphatic carbocycles. The van der Waals surface area contributed by atoms with Gasteiger partial charge >= 0.3 is 0 Å². The van der Waals surface area contributed by atoms with Gasteiger partial charge in [0.05, 0.1) is 24.5 Å². The second-order valence-corrected chi connectivity index (χ2v) is 7.97. The fraction of sp³-hybridized carbons (Fsp3) is 0.571. The van der Waals surface area contributed by atoms with Crippen LogP contribution in [0.15, 0.2) is 24.3 Å². The zero-order chi connectivity index (χ0) is 20.4. The monoisotopic (exact) mass is 400 g/mol. The average molecular weight is 400 g/mol. The number of nitrogens with one attached hydrogen (secondary N) is 1. The first-order valence-electron chi connectivity index (χ1n) is 10.3. The molecule has 1 atom stereocenters. The molecule has 2 saturated heterocycles. The number of carbonyl (C=O) groups is 3. The second kappa shape index (κ2) is 8.12. The molecular weight excluding hydrogens is 372 g/mol. The van der Waals surface area contributed by atoms with Gasteiger partial charge in [0.1, 0.15) is 5.66 Å².